The molecule has 0 bridgehead atoms. The molecule has 0 saturated carbocycles. The number of halogens is 1. The molecule has 0 unspecified atom stereocenters. The Morgan fingerprint density at radius 1 is 1.15 bits per heavy atom. The summed E-state index contributed by atoms with van der Waals surface area (Å²) in [5.74, 6) is -0.291. The van der Waals surface area contributed by atoms with Crippen LogP contribution in [0, 0.1) is 5.82 Å². The second-order valence-electron chi connectivity index (χ2n) is 6.18. The number of hydrogen-bond acceptors (Lipinski definition) is 4. The third-order valence-corrected chi connectivity index (χ3v) is 4.36. The van der Waals surface area contributed by atoms with E-state index in [1.807, 2.05) is 16.2 Å². The highest BCUT2D eigenvalue weighted by atomic mass is 19.1. The molecule has 0 amide bonds. The lowest BCUT2D eigenvalue weighted by atomic mass is 10.1. The van der Waals surface area contributed by atoms with E-state index >= 15 is 0 Å². The number of nitrogens with zero attached hydrogens (tertiary/aromatic N) is 5. The van der Waals surface area contributed by atoms with E-state index in [4.69, 9.17) is 0 Å². The summed E-state index contributed by atoms with van der Waals surface area (Å²) in [5, 5.41) is 0. The first-order chi connectivity index (χ1) is 13.1. The second-order valence-corrected chi connectivity index (χ2v) is 6.18. The standard InChI is InChI=1S/C19H17FN6O/c1-25-11-21-9-16(25)19-18(13-2-4-14(20)5-3-13)24-12-26(19)7-6-15-8-17(27)23-10-22-15/h2-5,8-12H,6-7H2,1H3,(H,22,23,27). The van der Waals surface area contributed by atoms with E-state index in [-0.39, 0.29) is 11.4 Å². The van der Waals surface area contributed by atoms with Crippen molar-refractivity contribution in [3.05, 3.63) is 77.4 Å². The minimum absolute atomic E-state index is 0.176. The van der Waals surface area contributed by atoms with Crippen molar-refractivity contribution in [3.63, 3.8) is 0 Å². The van der Waals surface area contributed by atoms with Crippen molar-refractivity contribution in [2.24, 2.45) is 7.05 Å². The molecule has 0 aliphatic heterocycles. The van der Waals surface area contributed by atoms with Crippen molar-refractivity contribution in [2.75, 3.05) is 0 Å². The highest BCUT2D eigenvalue weighted by Crippen LogP contribution is 2.31. The summed E-state index contributed by atoms with van der Waals surface area (Å²) in [4.78, 5) is 26.9. The lowest BCUT2D eigenvalue weighted by molar-refractivity contribution is 0.628. The van der Waals surface area contributed by atoms with Crippen molar-refractivity contribution >= 4 is 0 Å². The van der Waals surface area contributed by atoms with Crippen LogP contribution in [0.3, 0.4) is 0 Å². The normalized spacial score (nSPS) is 11.0. The number of hydrogen-bond donors (Lipinski definition) is 1. The number of aryl methyl sites for hydroxylation is 3. The van der Waals surface area contributed by atoms with E-state index in [1.165, 1.54) is 24.5 Å². The Bertz CT molecular complexity index is 1130. The zero-order valence-electron chi connectivity index (χ0n) is 14.6. The highest BCUT2D eigenvalue weighted by molar-refractivity contribution is 5.76. The predicted molar refractivity (Wildman–Crippen MR) is 98.4 cm³/mol. The molecule has 0 atom stereocenters. The van der Waals surface area contributed by atoms with Crippen LogP contribution < -0.4 is 5.56 Å². The summed E-state index contributed by atoms with van der Waals surface area (Å²) in [5.41, 5.74) is 3.87. The van der Waals surface area contributed by atoms with Gasteiger partial charge in [-0.15, -0.1) is 0 Å². The fraction of sp³-hybridized carbons (Fsp3) is 0.158. The van der Waals surface area contributed by atoms with E-state index in [9.17, 15) is 9.18 Å². The fourth-order valence-corrected chi connectivity index (χ4v) is 3.01. The molecular formula is C19H17FN6O. The van der Waals surface area contributed by atoms with E-state index in [2.05, 4.69) is 19.9 Å². The molecule has 4 aromatic rings. The minimum atomic E-state index is -0.291. The van der Waals surface area contributed by atoms with Crippen LogP contribution in [0.25, 0.3) is 22.6 Å². The molecule has 27 heavy (non-hydrogen) atoms. The van der Waals surface area contributed by atoms with Gasteiger partial charge >= 0.3 is 0 Å². The summed E-state index contributed by atoms with van der Waals surface area (Å²) in [6, 6.07) is 7.74. The maximum Gasteiger partial charge on any atom is 0.250 e. The number of nitrogens with one attached hydrogen (secondary N) is 1. The lowest BCUT2D eigenvalue weighted by Crippen LogP contribution is -2.10. The fourth-order valence-electron chi connectivity index (χ4n) is 3.01. The van der Waals surface area contributed by atoms with Gasteiger partial charge in [0.25, 0.3) is 5.56 Å². The highest BCUT2D eigenvalue weighted by Gasteiger charge is 2.17. The Hall–Kier alpha value is -3.55. The van der Waals surface area contributed by atoms with Gasteiger partial charge in [0, 0.05) is 37.3 Å². The summed E-state index contributed by atoms with van der Waals surface area (Å²) in [7, 11) is 1.91. The van der Waals surface area contributed by atoms with Gasteiger partial charge < -0.3 is 14.1 Å². The summed E-state index contributed by atoms with van der Waals surface area (Å²) in [6.07, 6.45) is 7.21. The van der Waals surface area contributed by atoms with E-state index in [0.717, 1.165) is 22.6 Å². The molecule has 0 aliphatic carbocycles. The largest absolute Gasteiger partial charge is 0.332 e. The molecule has 3 heterocycles. The molecule has 0 spiro atoms. The van der Waals surface area contributed by atoms with Crippen molar-refractivity contribution in [1.29, 1.82) is 0 Å². The number of rotatable bonds is 5. The van der Waals surface area contributed by atoms with Crippen LogP contribution in [0.4, 0.5) is 4.39 Å². The molecule has 8 heteroatoms. The lowest BCUT2D eigenvalue weighted by Gasteiger charge is -2.11. The molecule has 3 aromatic heterocycles. The Kier molecular flexibility index (Phi) is 4.37. The molecule has 1 N–H and O–H groups in total. The number of benzene rings is 1. The van der Waals surface area contributed by atoms with E-state index in [0.29, 0.717) is 18.7 Å². The molecule has 0 saturated heterocycles. The Labute approximate surface area is 154 Å². The molecule has 0 fully saturated rings. The maximum absolute atomic E-state index is 13.3. The average Bonchev–Trinajstić information content (AvgIpc) is 3.26. The van der Waals surface area contributed by atoms with Crippen molar-refractivity contribution in [1.82, 2.24) is 29.1 Å². The molecule has 1 aromatic carbocycles. The van der Waals surface area contributed by atoms with Crippen LogP contribution in [0.2, 0.25) is 0 Å². The van der Waals surface area contributed by atoms with Crippen molar-refractivity contribution in [3.8, 4) is 22.6 Å². The van der Waals surface area contributed by atoms with Crippen LogP contribution in [-0.4, -0.2) is 29.1 Å². The second kappa shape index (κ2) is 6.99. The van der Waals surface area contributed by atoms with Gasteiger partial charge in [0.05, 0.1) is 42.3 Å². The molecule has 0 aliphatic rings. The SMILES string of the molecule is Cn1cncc1-c1c(-c2ccc(F)cc2)ncn1CCc1cc(=O)[nH]cn1. The maximum atomic E-state index is 13.3. The minimum Gasteiger partial charge on any atom is -0.332 e. The average molecular weight is 364 g/mol. The van der Waals surface area contributed by atoms with Crippen LogP contribution in [-0.2, 0) is 20.0 Å². The van der Waals surface area contributed by atoms with E-state index < -0.39 is 0 Å². The topological polar surface area (TPSA) is 81.4 Å². The monoisotopic (exact) mass is 364 g/mol. The first-order valence-corrected chi connectivity index (χ1v) is 8.43. The molecule has 136 valence electrons. The Balaban J connectivity index is 1.74. The van der Waals surface area contributed by atoms with E-state index in [1.54, 1.807) is 31.0 Å². The predicted octanol–water partition coefficient (Wildman–Crippen LogP) is 2.42. The quantitative estimate of drug-likeness (QED) is 0.590. The van der Waals surface area contributed by atoms with Gasteiger partial charge in [-0.3, -0.25) is 4.79 Å². The van der Waals surface area contributed by atoms with Crippen LogP contribution in [0.5, 0.6) is 0 Å². The van der Waals surface area contributed by atoms with Crippen molar-refractivity contribution < 1.29 is 4.39 Å². The van der Waals surface area contributed by atoms with Gasteiger partial charge in [-0.1, -0.05) is 0 Å². The van der Waals surface area contributed by atoms with Gasteiger partial charge in [0.15, 0.2) is 0 Å². The Morgan fingerprint density at radius 3 is 2.67 bits per heavy atom. The first-order valence-electron chi connectivity index (χ1n) is 8.43. The Morgan fingerprint density at radius 2 is 1.96 bits per heavy atom. The van der Waals surface area contributed by atoms with Crippen molar-refractivity contribution in [2.45, 2.75) is 13.0 Å². The van der Waals surface area contributed by atoms with Gasteiger partial charge in [0.2, 0.25) is 0 Å². The molecule has 4 rings (SSSR count). The van der Waals surface area contributed by atoms with Gasteiger partial charge in [-0.05, 0) is 24.3 Å². The van der Waals surface area contributed by atoms with Crippen LogP contribution >= 0.6 is 0 Å². The molecule has 7 nitrogen and oxygen atoms in total. The van der Waals surface area contributed by atoms with Gasteiger partial charge in [-0.2, -0.15) is 0 Å². The van der Waals surface area contributed by atoms with Crippen LogP contribution in [0.1, 0.15) is 5.69 Å². The molecule has 0 radical (unpaired) electrons. The first kappa shape index (κ1) is 16.9. The summed E-state index contributed by atoms with van der Waals surface area (Å²) >= 11 is 0. The zero-order chi connectivity index (χ0) is 18.8. The summed E-state index contributed by atoms with van der Waals surface area (Å²) in [6.45, 7) is 0.588. The number of imidazole rings is 2. The third kappa shape index (κ3) is 3.41. The summed E-state index contributed by atoms with van der Waals surface area (Å²) < 4.78 is 17.2. The smallest absolute Gasteiger partial charge is 0.250 e. The van der Waals surface area contributed by atoms with Gasteiger partial charge in [0.1, 0.15) is 5.82 Å². The number of aromatic amines is 1. The third-order valence-electron chi connectivity index (χ3n) is 4.36. The zero-order valence-corrected chi connectivity index (χ0v) is 14.6. The number of H-pyrrole nitrogens is 1. The van der Waals surface area contributed by atoms with Gasteiger partial charge in [-0.25, -0.2) is 19.3 Å². The number of aromatic nitrogens is 6. The van der Waals surface area contributed by atoms with Crippen LogP contribution in [0.15, 0.2) is 60.3 Å². The molecular weight excluding hydrogens is 347 g/mol.